The minimum absolute atomic E-state index is 0. The van der Waals surface area contributed by atoms with Gasteiger partial charge in [-0.25, -0.2) is 0 Å². The normalized spacial score (nSPS) is 15.7. The van der Waals surface area contributed by atoms with Crippen molar-refractivity contribution in [2.45, 2.75) is 53.9 Å². The van der Waals surface area contributed by atoms with Crippen LogP contribution in [0.2, 0.25) is 0 Å². The number of halogens is 2. The van der Waals surface area contributed by atoms with Crippen LogP contribution in [0, 0.1) is 10.8 Å². The van der Waals surface area contributed by atoms with E-state index in [4.69, 9.17) is 0 Å². The molecule has 0 N–H and O–H groups in total. The summed E-state index contributed by atoms with van der Waals surface area (Å²) < 4.78 is 1.67. The van der Waals surface area contributed by atoms with Gasteiger partial charge in [-0.1, -0.05) is 0 Å². The first-order valence-corrected chi connectivity index (χ1v) is 7.23. The zero-order valence-electron chi connectivity index (χ0n) is 11.5. The third-order valence-electron chi connectivity index (χ3n) is 4.09. The molecular weight excluding hydrogens is 330 g/mol. The molecule has 97 valence electrons. The Morgan fingerprint density at radius 2 is 1.59 bits per heavy atom. The minimum atomic E-state index is 0. The quantitative estimate of drug-likeness (QED) is 0.586. The van der Waals surface area contributed by atoms with Crippen LogP contribution in [0.4, 0.5) is 0 Å². The molecule has 0 aromatic rings. The van der Waals surface area contributed by atoms with E-state index in [2.05, 4.69) is 46.8 Å². The van der Waals surface area contributed by atoms with Gasteiger partial charge in [-0.3, -0.25) is 0 Å². The second-order valence-corrected chi connectivity index (χ2v) is 7.02. The largest absolute Gasteiger partial charge is 1.00 e. The van der Waals surface area contributed by atoms with Gasteiger partial charge in [-0.05, 0) is 0 Å². The molecule has 0 unspecified atom stereocenters. The van der Waals surface area contributed by atoms with Crippen LogP contribution in [0.3, 0.4) is 0 Å². The van der Waals surface area contributed by atoms with E-state index in [0.717, 1.165) is 0 Å². The molecule has 0 bridgehead atoms. The summed E-state index contributed by atoms with van der Waals surface area (Å²) >= 11 is 1.60. The maximum atomic E-state index is 2.39. The summed E-state index contributed by atoms with van der Waals surface area (Å²) in [5, 5.41) is 0. The molecule has 0 fully saturated rings. The number of allylic oxidation sites excluding steroid dienone is 4. The number of hydrogen-bond donors (Lipinski definition) is 0. The fraction of sp³-hybridized carbons (Fsp3) is 0.714. The Morgan fingerprint density at radius 1 is 1.12 bits per heavy atom. The third kappa shape index (κ3) is 3.71. The monoisotopic (exact) mass is 351 g/mol. The van der Waals surface area contributed by atoms with E-state index < -0.39 is 0 Å². The first-order valence-electron chi connectivity index (χ1n) is 6.01. The van der Waals surface area contributed by atoms with Crippen molar-refractivity contribution in [3.05, 3.63) is 21.0 Å². The maximum Gasteiger partial charge on any atom is -1.00 e. The maximum absolute atomic E-state index is 2.39. The molecule has 0 aromatic carbocycles. The fourth-order valence-electron chi connectivity index (χ4n) is 3.05. The first-order chi connectivity index (χ1) is 6.89. The van der Waals surface area contributed by atoms with E-state index in [1.807, 2.05) is 0 Å². The van der Waals surface area contributed by atoms with Crippen molar-refractivity contribution in [1.82, 2.24) is 0 Å². The minimum Gasteiger partial charge on any atom is -1.00 e. The number of rotatable bonds is 3. The van der Waals surface area contributed by atoms with Crippen molar-refractivity contribution in [2.75, 3.05) is 0 Å². The van der Waals surface area contributed by atoms with E-state index in [1.54, 1.807) is 33.6 Å². The molecule has 0 saturated heterocycles. The zero-order chi connectivity index (χ0) is 11.7. The van der Waals surface area contributed by atoms with Gasteiger partial charge in [0, 0.05) is 0 Å². The zero-order valence-corrected chi connectivity index (χ0v) is 15.5. The van der Waals surface area contributed by atoms with Gasteiger partial charge in [0.05, 0.1) is 0 Å². The molecule has 0 saturated carbocycles. The number of hydrogen-bond acceptors (Lipinski definition) is 0. The summed E-state index contributed by atoms with van der Waals surface area (Å²) in [5.41, 5.74) is 2.40. The second kappa shape index (κ2) is 7.51. The molecule has 0 aliphatic heterocycles. The van der Waals surface area contributed by atoms with Crippen LogP contribution in [0.1, 0.15) is 53.9 Å². The predicted molar refractivity (Wildman–Crippen MR) is 63.3 cm³/mol. The van der Waals surface area contributed by atoms with Gasteiger partial charge in [0.1, 0.15) is 0 Å². The average Bonchev–Trinajstić information content (AvgIpc) is 2.53. The Hall–Kier alpha value is 0.943. The molecule has 0 nitrogen and oxygen atoms in total. The Bertz CT molecular complexity index is 294. The molecule has 1 rings (SSSR count). The predicted octanol–water partition coefficient (Wildman–Crippen LogP) is -1.39. The van der Waals surface area contributed by atoms with Crippen LogP contribution >= 0.6 is 0 Å². The van der Waals surface area contributed by atoms with Crippen LogP contribution in [-0.4, -0.2) is 0 Å². The van der Waals surface area contributed by atoms with Gasteiger partial charge in [-0.15, -0.1) is 0 Å². The molecule has 1 aliphatic carbocycles. The average molecular weight is 353 g/mol. The van der Waals surface area contributed by atoms with Crippen molar-refractivity contribution in [3.63, 3.8) is 0 Å². The topological polar surface area (TPSA) is 0 Å². The van der Waals surface area contributed by atoms with Crippen LogP contribution in [0.5, 0.6) is 0 Å². The smallest absolute Gasteiger partial charge is 1.00 e. The summed E-state index contributed by atoms with van der Waals surface area (Å²) in [5.74, 6) is 0. The third-order valence-corrected chi connectivity index (χ3v) is 5.25. The Balaban J connectivity index is 0. The molecule has 0 amide bonds. The first kappa shape index (κ1) is 20.3. The van der Waals surface area contributed by atoms with E-state index in [1.165, 1.54) is 19.3 Å². The Morgan fingerprint density at radius 3 is 1.82 bits per heavy atom. The standard InChI is InChI=1S/C14H23.2ClH.Zr/c1-6-14(7-2,13(3,4)5)12-10-8-9-11-12;;;/h8,10H,6-7,9H2,1-5H3;2*1H;/q;;;+2/p-2. The van der Waals surface area contributed by atoms with E-state index in [9.17, 15) is 0 Å². The molecule has 3 heteroatoms. The summed E-state index contributed by atoms with van der Waals surface area (Å²) in [6.07, 6.45) is 8.44. The summed E-state index contributed by atoms with van der Waals surface area (Å²) in [6, 6.07) is 0. The van der Waals surface area contributed by atoms with E-state index in [0.29, 0.717) is 10.8 Å². The van der Waals surface area contributed by atoms with Gasteiger partial charge in [0.25, 0.3) is 0 Å². The van der Waals surface area contributed by atoms with Gasteiger partial charge < -0.3 is 24.8 Å². The van der Waals surface area contributed by atoms with Crippen molar-refractivity contribution in [1.29, 1.82) is 0 Å². The molecule has 0 atom stereocenters. The van der Waals surface area contributed by atoms with Crippen molar-refractivity contribution in [3.8, 4) is 0 Å². The summed E-state index contributed by atoms with van der Waals surface area (Å²) in [7, 11) is 0. The van der Waals surface area contributed by atoms with Gasteiger partial charge >= 0.3 is 110 Å². The molecular formula is C14H23Cl2Zr. The van der Waals surface area contributed by atoms with Crippen LogP contribution in [0.15, 0.2) is 21.0 Å². The second-order valence-electron chi connectivity index (χ2n) is 5.54. The molecule has 0 heterocycles. The molecule has 0 spiro atoms. The van der Waals surface area contributed by atoms with Crippen molar-refractivity contribution in [2.24, 2.45) is 10.8 Å². The van der Waals surface area contributed by atoms with Crippen molar-refractivity contribution >= 4 is 0 Å². The Labute approximate surface area is 134 Å². The van der Waals surface area contributed by atoms with E-state index in [-0.39, 0.29) is 24.8 Å². The van der Waals surface area contributed by atoms with Crippen LogP contribution in [-0.2, 0) is 24.7 Å². The molecule has 1 aliphatic rings. The van der Waals surface area contributed by atoms with Gasteiger partial charge in [0.15, 0.2) is 0 Å². The van der Waals surface area contributed by atoms with Crippen molar-refractivity contribution < 1.29 is 49.5 Å². The summed E-state index contributed by atoms with van der Waals surface area (Å²) in [6.45, 7) is 11.9. The van der Waals surface area contributed by atoms with Gasteiger partial charge in [-0.2, -0.15) is 0 Å². The van der Waals surface area contributed by atoms with Crippen LogP contribution in [0.25, 0.3) is 0 Å². The van der Waals surface area contributed by atoms with Crippen LogP contribution < -0.4 is 24.8 Å². The van der Waals surface area contributed by atoms with E-state index >= 15 is 0 Å². The fourth-order valence-corrected chi connectivity index (χ4v) is 4.13. The Kier molecular flexibility index (Phi) is 8.96. The molecule has 0 radical (unpaired) electrons. The van der Waals surface area contributed by atoms with Gasteiger partial charge in [0.2, 0.25) is 0 Å². The summed E-state index contributed by atoms with van der Waals surface area (Å²) in [4.78, 5) is 0. The molecule has 0 aromatic heterocycles. The SMILES string of the molecule is CCC(CC)(C1=[C]([Zr+2])CC=C1)C(C)(C)C.[Cl-].[Cl-]. The molecule has 17 heavy (non-hydrogen) atoms.